The monoisotopic (exact) mass is 326 g/mol. The van der Waals surface area contributed by atoms with E-state index in [-0.39, 0.29) is 0 Å². The van der Waals surface area contributed by atoms with Crippen LogP contribution >= 0.6 is 0 Å². The van der Waals surface area contributed by atoms with Gasteiger partial charge in [-0.05, 0) is 65.0 Å². The van der Waals surface area contributed by atoms with Gasteiger partial charge >= 0.3 is 0 Å². The molecule has 0 spiro atoms. The third-order valence-corrected chi connectivity index (χ3v) is 6.12. The number of benzene rings is 5. The summed E-state index contributed by atoms with van der Waals surface area (Å²) in [5, 5.41) is 13.7. The Labute approximate surface area is 150 Å². The van der Waals surface area contributed by atoms with E-state index >= 15 is 0 Å². The van der Waals surface area contributed by atoms with Crippen molar-refractivity contribution < 1.29 is 0 Å². The van der Waals surface area contributed by atoms with Crippen molar-refractivity contribution in [1.82, 2.24) is 0 Å². The zero-order valence-corrected chi connectivity index (χ0v) is 14.1. The summed E-state index contributed by atoms with van der Waals surface area (Å²) in [6, 6.07) is 31.5. The lowest BCUT2D eigenvalue weighted by molar-refractivity contribution is 1.81. The molecule has 0 N–H and O–H groups in total. The number of hydrogen-bond acceptors (Lipinski definition) is 0. The van der Waals surface area contributed by atoms with Crippen molar-refractivity contribution in [3.8, 4) is 11.1 Å². The summed E-state index contributed by atoms with van der Waals surface area (Å²) in [6.45, 7) is 0. The summed E-state index contributed by atoms with van der Waals surface area (Å²) in [7, 11) is 0. The van der Waals surface area contributed by atoms with Gasteiger partial charge in [0, 0.05) is 0 Å². The van der Waals surface area contributed by atoms with E-state index in [1.165, 1.54) is 65.0 Å². The second-order valence-electron chi connectivity index (χ2n) is 7.33. The van der Waals surface area contributed by atoms with E-state index in [2.05, 4.69) is 84.9 Å². The Kier molecular flexibility index (Phi) is 2.10. The van der Waals surface area contributed by atoms with Gasteiger partial charge in [-0.1, -0.05) is 84.9 Å². The molecule has 7 rings (SSSR count). The first kappa shape index (κ1) is 12.9. The van der Waals surface area contributed by atoms with Crippen LogP contribution in [0, 0.1) is 0 Å². The van der Waals surface area contributed by atoms with Crippen LogP contribution in [0.15, 0.2) is 84.9 Å². The molecule has 2 aliphatic carbocycles. The van der Waals surface area contributed by atoms with E-state index in [0.29, 0.717) is 0 Å². The molecule has 0 radical (unpaired) electrons. The zero-order valence-electron chi connectivity index (χ0n) is 14.1. The van der Waals surface area contributed by atoms with E-state index in [0.717, 1.165) is 0 Å². The van der Waals surface area contributed by atoms with E-state index in [1.807, 2.05) is 0 Å². The minimum absolute atomic E-state index is 1.32. The highest BCUT2D eigenvalue weighted by atomic mass is 14.3. The molecule has 0 heteroatoms. The molecule has 5 aromatic rings. The fraction of sp³-hybridized carbons (Fsp3) is 0. The molecule has 0 aromatic heterocycles. The predicted molar refractivity (Wildman–Crippen MR) is 113 cm³/mol. The predicted octanol–water partition coefficient (Wildman–Crippen LogP) is 7.43. The maximum Gasteiger partial charge on any atom is -0.000160 e. The largest absolute Gasteiger partial charge is 0.0616 e. The fourth-order valence-electron chi connectivity index (χ4n) is 5.13. The van der Waals surface area contributed by atoms with Gasteiger partial charge in [0.25, 0.3) is 0 Å². The molecule has 0 heterocycles. The van der Waals surface area contributed by atoms with Gasteiger partial charge in [-0.2, -0.15) is 0 Å². The average Bonchev–Trinajstić information content (AvgIpc) is 2.95. The molecule has 0 aliphatic heterocycles. The van der Waals surface area contributed by atoms with Crippen molar-refractivity contribution in [1.29, 1.82) is 0 Å². The lowest BCUT2D eigenvalue weighted by Gasteiger charge is -2.12. The Balaban J connectivity index is 2.02. The van der Waals surface area contributed by atoms with Crippen molar-refractivity contribution in [2.75, 3.05) is 0 Å². The van der Waals surface area contributed by atoms with Crippen LogP contribution in [0.3, 0.4) is 0 Å². The Bertz CT molecular complexity index is 1570. The van der Waals surface area contributed by atoms with Crippen LogP contribution in [-0.2, 0) is 0 Å². The quantitative estimate of drug-likeness (QED) is 0.254. The maximum atomic E-state index is 2.30. The summed E-state index contributed by atoms with van der Waals surface area (Å²) in [5.74, 6) is 0. The van der Waals surface area contributed by atoms with Gasteiger partial charge in [-0.3, -0.25) is 0 Å². The average molecular weight is 326 g/mol. The minimum Gasteiger partial charge on any atom is -0.0616 e. The highest BCUT2D eigenvalue weighted by molar-refractivity contribution is 6.40. The van der Waals surface area contributed by atoms with Crippen LogP contribution in [0.4, 0.5) is 0 Å². The van der Waals surface area contributed by atoms with Gasteiger partial charge in [-0.15, -0.1) is 0 Å². The van der Waals surface area contributed by atoms with Crippen LogP contribution in [0.1, 0.15) is 0 Å². The Morgan fingerprint density at radius 2 is 0.846 bits per heavy atom. The van der Waals surface area contributed by atoms with Crippen molar-refractivity contribution in [2.24, 2.45) is 0 Å². The molecule has 0 unspecified atom stereocenters. The smallest absolute Gasteiger partial charge is 0.000160 e. The summed E-state index contributed by atoms with van der Waals surface area (Å²) >= 11 is 0. The van der Waals surface area contributed by atoms with Gasteiger partial charge in [0.1, 0.15) is 0 Å². The first-order chi connectivity index (χ1) is 12.9. The van der Waals surface area contributed by atoms with Gasteiger partial charge in [0.05, 0.1) is 0 Å². The molecule has 5 aromatic carbocycles. The SMILES string of the molecule is c1ccc2c(c1)c1cccc3ccc4ccc5cccc6c5c4-c(c31)c26. The molecule has 0 fully saturated rings. The topological polar surface area (TPSA) is 0 Å². The van der Waals surface area contributed by atoms with E-state index in [1.54, 1.807) is 0 Å². The van der Waals surface area contributed by atoms with Gasteiger partial charge in [0.15, 0.2) is 0 Å². The van der Waals surface area contributed by atoms with Crippen molar-refractivity contribution in [2.45, 2.75) is 0 Å². The van der Waals surface area contributed by atoms with Crippen LogP contribution in [0.2, 0.25) is 0 Å². The Morgan fingerprint density at radius 1 is 0.308 bits per heavy atom. The molecule has 26 heavy (non-hydrogen) atoms. The van der Waals surface area contributed by atoms with Gasteiger partial charge in [0.2, 0.25) is 0 Å². The van der Waals surface area contributed by atoms with Gasteiger partial charge in [-0.25, -0.2) is 0 Å². The summed E-state index contributed by atoms with van der Waals surface area (Å²) in [4.78, 5) is 0. The molecule has 0 amide bonds. The summed E-state index contributed by atoms with van der Waals surface area (Å²) < 4.78 is 0. The Hall–Kier alpha value is -3.38. The summed E-state index contributed by atoms with van der Waals surface area (Å²) in [6.07, 6.45) is 0. The van der Waals surface area contributed by atoms with Crippen LogP contribution in [-0.4, -0.2) is 0 Å². The Morgan fingerprint density at radius 3 is 1.62 bits per heavy atom. The first-order valence-electron chi connectivity index (χ1n) is 9.14. The molecule has 0 bridgehead atoms. The maximum absolute atomic E-state index is 2.30. The fourth-order valence-corrected chi connectivity index (χ4v) is 5.13. The lowest BCUT2D eigenvalue weighted by Crippen LogP contribution is -1.84. The van der Waals surface area contributed by atoms with Crippen LogP contribution in [0.25, 0.3) is 65.0 Å². The normalized spacial score (nSPS) is 12.6. The highest BCUT2D eigenvalue weighted by Crippen LogP contribution is 2.52. The molecule has 0 nitrogen and oxygen atoms in total. The van der Waals surface area contributed by atoms with Crippen LogP contribution < -0.4 is 0 Å². The number of hydrogen-bond donors (Lipinski definition) is 0. The molecule has 0 atom stereocenters. The minimum atomic E-state index is 1.32. The third-order valence-electron chi connectivity index (χ3n) is 6.12. The second kappa shape index (κ2) is 4.23. The standard InChI is InChI=1S/C26H14/c1-2-8-20-18(7-1)19-9-3-5-15-11-13-17-14-12-16-6-4-10-21-23(16)24(17)26(22(15)19)25(20)21/h1-14H. The van der Waals surface area contributed by atoms with E-state index in [9.17, 15) is 0 Å². The first-order valence-corrected chi connectivity index (χ1v) is 9.14. The van der Waals surface area contributed by atoms with Gasteiger partial charge < -0.3 is 0 Å². The lowest BCUT2D eigenvalue weighted by atomic mass is 9.91. The summed E-state index contributed by atoms with van der Waals surface area (Å²) in [5.41, 5.74) is 2.85. The molecule has 2 aliphatic rings. The van der Waals surface area contributed by atoms with E-state index < -0.39 is 0 Å². The van der Waals surface area contributed by atoms with E-state index in [4.69, 9.17) is 0 Å². The zero-order chi connectivity index (χ0) is 16.8. The molecular weight excluding hydrogens is 312 g/mol. The number of rotatable bonds is 0. The van der Waals surface area contributed by atoms with Crippen molar-refractivity contribution >= 4 is 53.9 Å². The highest BCUT2D eigenvalue weighted by Gasteiger charge is 2.24. The number of fused-ring (bicyclic) bond motifs is 4. The van der Waals surface area contributed by atoms with Crippen molar-refractivity contribution in [3.63, 3.8) is 0 Å². The molecule has 0 saturated heterocycles. The molecule has 118 valence electrons. The molecule has 0 saturated carbocycles. The second-order valence-corrected chi connectivity index (χ2v) is 7.33. The molecular formula is C26H14. The third kappa shape index (κ3) is 1.32. The van der Waals surface area contributed by atoms with Crippen LogP contribution in [0.5, 0.6) is 0 Å². The van der Waals surface area contributed by atoms with Crippen molar-refractivity contribution in [3.05, 3.63) is 84.9 Å².